The van der Waals surface area contributed by atoms with Gasteiger partial charge in [-0.25, -0.2) is 4.79 Å². The molecule has 1 fully saturated rings. The summed E-state index contributed by atoms with van der Waals surface area (Å²) < 4.78 is 5.59. The van der Waals surface area contributed by atoms with Gasteiger partial charge in [0.05, 0.1) is 12.7 Å². The number of hydrogen-bond donors (Lipinski definition) is 2. The number of aryl methyl sites for hydroxylation is 1. The van der Waals surface area contributed by atoms with Crippen LogP contribution < -0.4 is 4.74 Å². The zero-order valence-corrected chi connectivity index (χ0v) is 16.7. The van der Waals surface area contributed by atoms with Crippen molar-refractivity contribution < 1.29 is 14.6 Å². The van der Waals surface area contributed by atoms with Gasteiger partial charge < -0.3 is 14.8 Å². The topological polar surface area (TPSA) is 65.6 Å². The van der Waals surface area contributed by atoms with E-state index < -0.39 is 5.97 Å². The van der Waals surface area contributed by atoms with Gasteiger partial charge in [-0.05, 0) is 42.7 Å². The van der Waals surface area contributed by atoms with E-state index in [1.54, 1.807) is 37.4 Å². The van der Waals surface area contributed by atoms with Crippen LogP contribution in [0.3, 0.4) is 0 Å². The lowest BCUT2D eigenvalue weighted by Gasteiger charge is -2.39. The van der Waals surface area contributed by atoms with Crippen LogP contribution in [-0.2, 0) is 6.54 Å². The Morgan fingerprint density at radius 1 is 1.25 bits per heavy atom. The Hall–Kier alpha value is -2.79. The monoisotopic (exact) mass is 380 g/mol. The minimum atomic E-state index is -0.879. The maximum Gasteiger partial charge on any atom is 0.335 e. The van der Waals surface area contributed by atoms with E-state index in [0.717, 1.165) is 18.2 Å². The molecule has 0 radical (unpaired) electrons. The van der Waals surface area contributed by atoms with Crippen LogP contribution in [-0.4, -0.2) is 41.2 Å². The number of fused-ring (bicyclic) bond motifs is 1. The summed E-state index contributed by atoms with van der Waals surface area (Å²) in [5.74, 6) is 1.03. The smallest absolute Gasteiger partial charge is 0.335 e. The van der Waals surface area contributed by atoms with Crippen molar-refractivity contribution in [1.82, 2.24) is 9.88 Å². The van der Waals surface area contributed by atoms with Crippen LogP contribution in [0.25, 0.3) is 10.9 Å². The Balaban J connectivity index is 0.000000211. The number of carboxylic acid groups (broad SMARTS) is 1. The van der Waals surface area contributed by atoms with Crippen LogP contribution in [0.2, 0.25) is 0 Å². The van der Waals surface area contributed by atoms with Gasteiger partial charge in [0.1, 0.15) is 5.75 Å². The lowest BCUT2D eigenvalue weighted by atomic mass is 9.95. The summed E-state index contributed by atoms with van der Waals surface area (Å²) in [6.45, 7) is 7.84. The van der Waals surface area contributed by atoms with Crippen molar-refractivity contribution in [1.29, 1.82) is 0 Å². The summed E-state index contributed by atoms with van der Waals surface area (Å²) in [6, 6.07) is 12.6. The highest BCUT2D eigenvalue weighted by Crippen LogP contribution is 2.33. The summed E-state index contributed by atoms with van der Waals surface area (Å²) in [5, 5.41) is 9.69. The molecule has 0 spiro atoms. The highest BCUT2D eigenvalue weighted by molar-refractivity contribution is 5.88. The summed E-state index contributed by atoms with van der Waals surface area (Å²) in [6.07, 6.45) is 3.31. The normalized spacial score (nSPS) is 14.2. The molecule has 0 unspecified atom stereocenters. The Morgan fingerprint density at radius 2 is 1.96 bits per heavy atom. The van der Waals surface area contributed by atoms with Crippen LogP contribution in [0.5, 0.6) is 5.75 Å². The Morgan fingerprint density at radius 3 is 2.54 bits per heavy atom. The Bertz CT molecular complexity index is 928. The second-order valence-electron chi connectivity index (χ2n) is 7.28. The number of aromatic amines is 1. The van der Waals surface area contributed by atoms with Crippen molar-refractivity contribution in [2.45, 2.75) is 26.8 Å². The molecule has 2 aromatic carbocycles. The molecular weight excluding hydrogens is 352 g/mol. The number of benzene rings is 2. The first kappa shape index (κ1) is 20.0. The minimum Gasteiger partial charge on any atom is -0.496 e. The van der Waals surface area contributed by atoms with Gasteiger partial charge in [0.25, 0.3) is 0 Å². The summed E-state index contributed by atoms with van der Waals surface area (Å²) in [5.41, 5.74) is 4.13. The van der Waals surface area contributed by atoms with Crippen molar-refractivity contribution in [3.8, 4) is 5.75 Å². The predicted octanol–water partition coefficient (Wildman–Crippen LogP) is 4.71. The average Bonchev–Trinajstić information content (AvgIpc) is 3.17. The molecule has 0 aliphatic carbocycles. The van der Waals surface area contributed by atoms with E-state index in [1.807, 2.05) is 6.20 Å². The standard InChI is InChI=1S/C16H22N2O.C7H6O2/c1-4-12-8-18(9-12)10-14-13-5-6-17-16(13)11(2)7-15(14)19-3;8-7(9)6-4-2-1-3-5-6/h5-7,12,17H,4,8-10H2,1-3H3;1-5H,(H,8,9). The van der Waals surface area contributed by atoms with Gasteiger partial charge in [0, 0.05) is 42.3 Å². The number of aromatic carboxylic acids is 1. The lowest BCUT2D eigenvalue weighted by Crippen LogP contribution is -2.45. The van der Waals surface area contributed by atoms with Crippen molar-refractivity contribution in [2.24, 2.45) is 5.92 Å². The highest BCUT2D eigenvalue weighted by Gasteiger charge is 2.26. The number of carbonyl (C=O) groups is 1. The molecule has 1 aromatic heterocycles. The molecule has 148 valence electrons. The number of H-pyrrole nitrogens is 1. The minimum absolute atomic E-state index is 0.331. The molecule has 2 heterocycles. The molecule has 1 saturated heterocycles. The van der Waals surface area contributed by atoms with E-state index in [0.29, 0.717) is 5.56 Å². The number of rotatable bonds is 5. The number of hydrogen-bond acceptors (Lipinski definition) is 3. The Labute approximate surface area is 165 Å². The van der Waals surface area contributed by atoms with E-state index in [2.05, 4.69) is 35.9 Å². The molecule has 5 nitrogen and oxygen atoms in total. The largest absolute Gasteiger partial charge is 0.496 e. The van der Waals surface area contributed by atoms with Crippen LogP contribution in [0.15, 0.2) is 48.7 Å². The van der Waals surface area contributed by atoms with E-state index >= 15 is 0 Å². The molecule has 4 rings (SSSR count). The first-order valence-corrected chi connectivity index (χ1v) is 9.67. The molecule has 3 aromatic rings. The molecule has 0 saturated carbocycles. The maximum absolute atomic E-state index is 10.2. The van der Waals surface area contributed by atoms with Crippen LogP contribution in [0, 0.1) is 12.8 Å². The summed E-state index contributed by atoms with van der Waals surface area (Å²) >= 11 is 0. The zero-order valence-electron chi connectivity index (χ0n) is 16.7. The summed E-state index contributed by atoms with van der Waals surface area (Å²) in [7, 11) is 1.77. The van der Waals surface area contributed by atoms with Gasteiger partial charge in [0.2, 0.25) is 0 Å². The van der Waals surface area contributed by atoms with Gasteiger partial charge in [0.15, 0.2) is 0 Å². The van der Waals surface area contributed by atoms with Crippen LogP contribution in [0.4, 0.5) is 0 Å². The van der Waals surface area contributed by atoms with E-state index in [9.17, 15) is 4.79 Å². The first-order valence-electron chi connectivity index (χ1n) is 9.67. The fourth-order valence-electron chi connectivity index (χ4n) is 3.65. The third kappa shape index (κ3) is 4.37. The van der Waals surface area contributed by atoms with Crippen LogP contribution >= 0.6 is 0 Å². The fourth-order valence-corrected chi connectivity index (χ4v) is 3.65. The molecule has 1 aliphatic rings. The molecule has 0 amide bonds. The number of likely N-dealkylation sites (tertiary alicyclic amines) is 1. The third-order valence-electron chi connectivity index (χ3n) is 5.34. The lowest BCUT2D eigenvalue weighted by molar-refractivity contribution is 0.0697. The Kier molecular flexibility index (Phi) is 6.37. The second-order valence-corrected chi connectivity index (χ2v) is 7.28. The molecule has 28 heavy (non-hydrogen) atoms. The SMILES string of the molecule is CCC1CN(Cc2c(OC)cc(C)c3[nH]ccc23)C1.O=C(O)c1ccccc1. The van der Waals surface area contributed by atoms with Crippen molar-refractivity contribution in [3.63, 3.8) is 0 Å². The molecule has 5 heteroatoms. The van der Waals surface area contributed by atoms with Crippen LogP contribution in [0.1, 0.15) is 34.8 Å². The first-order chi connectivity index (χ1) is 13.5. The molecule has 2 N–H and O–H groups in total. The third-order valence-corrected chi connectivity index (χ3v) is 5.34. The highest BCUT2D eigenvalue weighted by atomic mass is 16.5. The van der Waals surface area contributed by atoms with Crippen molar-refractivity contribution in [2.75, 3.05) is 20.2 Å². The molecule has 0 bridgehead atoms. The quantitative estimate of drug-likeness (QED) is 0.673. The maximum atomic E-state index is 10.2. The van der Waals surface area contributed by atoms with Crippen molar-refractivity contribution in [3.05, 3.63) is 65.4 Å². The van der Waals surface area contributed by atoms with E-state index in [-0.39, 0.29) is 0 Å². The van der Waals surface area contributed by atoms with Crippen molar-refractivity contribution >= 4 is 16.9 Å². The zero-order chi connectivity index (χ0) is 20.1. The fraction of sp³-hybridized carbons (Fsp3) is 0.348. The molecule has 1 aliphatic heterocycles. The van der Waals surface area contributed by atoms with Gasteiger partial charge in [-0.3, -0.25) is 4.90 Å². The number of nitrogens with one attached hydrogen (secondary N) is 1. The van der Waals surface area contributed by atoms with Gasteiger partial charge in [-0.1, -0.05) is 31.5 Å². The number of nitrogens with zero attached hydrogens (tertiary/aromatic N) is 1. The van der Waals surface area contributed by atoms with Gasteiger partial charge in [-0.2, -0.15) is 0 Å². The number of ether oxygens (including phenoxy) is 1. The summed E-state index contributed by atoms with van der Waals surface area (Å²) in [4.78, 5) is 16.0. The van der Waals surface area contributed by atoms with Gasteiger partial charge >= 0.3 is 5.97 Å². The second kappa shape index (κ2) is 8.93. The van der Waals surface area contributed by atoms with Gasteiger partial charge in [-0.15, -0.1) is 0 Å². The molecule has 0 atom stereocenters. The average molecular weight is 380 g/mol. The molecular formula is C23H28N2O3. The number of methoxy groups -OCH3 is 1. The number of aromatic nitrogens is 1. The predicted molar refractivity (Wildman–Crippen MR) is 112 cm³/mol. The van der Waals surface area contributed by atoms with E-state index in [4.69, 9.17) is 9.84 Å². The number of carboxylic acids is 1. The van der Waals surface area contributed by atoms with E-state index in [1.165, 1.54) is 41.5 Å².